The standard InChI is InChI=1S/C25H26Cl2N4O.3ClH/c1-16-25(28)31-22-11-17(7-10-24(22)32-16)13-30-23(18-5-3-2-4-6-18)15-29-14-19-8-9-20(26)12-21(19)27;;;/h2-12,16,23,29-30H,13-15H2,1H3,(H2,28,31);3*1H. The van der Waals surface area contributed by atoms with Gasteiger partial charge in [0, 0.05) is 35.7 Å². The highest BCUT2D eigenvalue weighted by atomic mass is 35.5. The van der Waals surface area contributed by atoms with Gasteiger partial charge >= 0.3 is 0 Å². The summed E-state index contributed by atoms with van der Waals surface area (Å²) in [4.78, 5) is 4.48. The number of nitrogens with two attached hydrogens (primary N) is 1. The van der Waals surface area contributed by atoms with Crippen LogP contribution < -0.4 is 21.1 Å². The zero-order valence-corrected chi connectivity index (χ0v) is 23.0. The number of hydrogen-bond donors (Lipinski definition) is 3. The highest BCUT2D eigenvalue weighted by molar-refractivity contribution is 6.35. The van der Waals surface area contributed by atoms with Gasteiger partial charge in [-0.1, -0.05) is 65.7 Å². The molecule has 2 atom stereocenters. The minimum atomic E-state index is -0.200. The molecular formula is C25H29Cl5N4O. The lowest BCUT2D eigenvalue weighted by Crippen LogP contribution is -2.33. The molecule has 3 aromatic rings. The molecule has 190 valence electrons. The first-order valence-corrected chi connectivity index (χ1v) is 11.3. The maximum absolute atomic E-state index is 6.31. The van der Waals surface area contributed by atoms with E-state index in [4.69, 9.17) is 33.7 Å². The van der Waals surface area contributed by atoms with E-state index in [1.807, 2.05) is 37.3 Å². The Morgan fingerprint density at radius 3 is 2.43 bits per heavy atom. The van der Waals surface area contributed by atoms with E-state index in [9.17, 15) is 0 Å². The first-order valence-electron chi connectivity index (χ1n) is 10.6. The first kappa shape index (κ1) is 31.3. The van der Waals surface area contributed by atoms with E-state index < -0.39 is 0 Å². The van der Waals surface area contributed by atoms with Gasteiger partial charge in [0.1, 0.15) is 17.3 Å². The van der Waals surface area contributed by atoms with Crippen molar-refractivity contribution in [3.8, 4) is 5.75 Å². The quantitative estimate of drug-likeness (QED) is 0.280. The van der Waals surface area contributed by atoms with Gasteiger partial charge in [0.25, 0.3) is 0 Å². The van der Waals surface area contributed by atoms with Crippen LogP contribution in [0.4, 0.5) is 5.69 Å². The number of ether oxygens (including phenoxy) is 1. The number of amidine groups is 1. The summed E-state index contributed by atoms with van der Waals surface area (Å²) in [5.41, 5.74) is 10.1. The number of aliphatic imine (C=N–C) groups is 1. The van der Waals surface area contributed by atoms with E-state index >= 15 is 0 Å². The summed E-state index contributed by atoms with van der Waals surface area (Å²) in [5, 5.41) is 8.46. The second-order valence-corrected chi connectivity index (χ2v) is 8.65. The lowest BCUT2D eigenvalue weighted by atomic mass is 10.1. The fourth-order valence-corrected chi connectivity index (χ4v) is 4.07. The fourth-order valence-electron chi connectivity index (χ4n) is 3.59. The Balaban J connectivity index is 0.00000204. The van der Waals surface area contributed by atoms with Crippen LogP contribution in [0.3, 0.4) is 0 Å². The number of nitrogens with one attached hydrogen (secondary N) is 2. The van der Waals surface area contributed by atoms with E-state index in [2.05, 4.69) is 46.0 Å². The Morgan fingerprint density at radius 2 is 1.71 bits per heavy atom. The molecular weight excluding hydrogens is 550 g/mol. The van der Waals surface area contributed by atoms with Crippen LogP contribution in [-0.4, -0.2) is 18.5 Å². The molecule has 4 N–H and O–H groups in total. The molecule has 0 fully saturated rings. The largest absolute Gasteiger partial charge is 0.481 e. The minimum Gasteiger partial charge on any atom is -0.481 e. The van der Waals surface area contributed by atoms with Crippen molar-refractivity contribution < 1.29 is 4.74 Å². The summed E-state index contributed by atoms with van der Waals surface area (Å²) in [6, 6.07) is 22.1. The molecule has 3 aromatic carbocycles. The zero-order chi connectivity index (χ0) is 22.5. The molecule has 35 heavy (non-hydrogen) atoms. The Bertz CT molecular complexity index is 1110. The maximum atomic E-state index is 6.31. The number of nitrogens with zero attached hydrogens (tertiary/aromatic N) is 1. The van der Waals surface area contributed by atoms with Crippen LogP contribution >= 0.6 is 60.4 Å². The number of hydrogen-bond acceptors (Lipinski definition) is 5. The van der Waals surface area contributed by atoms with Crippen molar-refractivity contribution in [1.29, 1.82) is 0 Å². The summed E-state index contributed by atoms with van der Waals surface area (Å²) in [6.07, 6.45) is -0.200. The predicted octanol–water partition coefficient (Wildman–Crippen LogP) is 6.65. The van der Waals surface area contributed by atoms with Gasteiger partial charge < -0.3 is 21.1 Å². The van der Waals surface area contributed by atoms with Crippen LogP contribution in [-0.2, 0) is 13.1 Å². The third-order valence-corrected chi connectivity index (χ3v) is 6.01. The van der Waals surface area contributed by atoms with Gasteiger partial charge in [0.15, 0.2) is 6.10 Å². The van der Waals surface area contributed by atoms with Gasteiger partial charge in [-0.05, 0) is 47.9 Å². The Morgan fingerprint density at radius 1 is 0.971 bits per heavy atom. The van der Waals surface area contributed by atoms with Gasteiger partial charge in [-0.25, -0.2) is 4.99 Å². The van der Waals surface area contributed by atoms with E-state index in [1.165, 1.54) is 5.56 Å². The highest BCUT2D eigenvalue weighted by Crippen LogP contribution is 2.33. The second-order valence-electron chi connectivity index (χ2n) is 7.81. The smallest absolute Gasteiger partial charge is 0.153 e. The van der Waals surface area contributed by atoms with Gasteiger partial charge in [-0.2, -0.15) is 0 Å². The molecule has 5 nitrogen and oxygen atoms in total. The molecule has 2 unspecified atom stereocenters. The first-order chi connectivity index (χ1) is 15.5. The molecule has 0 aromatic heterocycles. The average Bonchev–Trinajstić information content (AvgIpc) is 2.79. The Labute approximate surface area is 235 Å². The zero-order valence-electron chi connectivity index (χ0n) is 19.0. The predicted molar refractivity (Wildman–Crippen MR) is 154 cm³/mol. The average molecular weight is 579 g/mol. The highest BCUT2D eigenvalue weighted by Gasteiger charge is 2.18. The number of halogens is 5. The third-order valence-electron chi connectivity index (χ3n) is 5.43. The molecule has 0 spiro atoms. The molecule has 1 aliphatic heterocycles. The third kappa shape index (κ3) is 8.43. The Hall–Kier alpha value is -1.70. The van der Waals surface area contributed by atoms with Crippen molar-refractivity contribution >= 4 is 71.9 Å². The van der Waals surface area contributed by atoms with E-state index in [0.717, 1.165) is 29.1 Å². The summed E-state index contributed by atoms with van der Waals surface area (Å²) >= 11 is 12.3. The van der Waals surface area contributed by atoms with Crippen LogP contribution in [0.1, 0.15) is 29.7 Å². The van der Waals surface area contributed by atoms with Crippen molar-refractivity contribution in [3.63, 3.8) is 0 Å². The van der Waals surface area contributed by atoms with Crippen LogP contribution in [0.2, 0.25) is 10.0 Å². The number of benzene rings is 3. The SMILES string of the molecule is CC1Oc2ccc(CNC(CNCc3ccc(Cl)cc3Cl)c3ccccc3)cc2N=C1N.Cl.Cl.Cl. The molecule has 0 bridgehead atoms. The molecule has 0 aliphatic carbocycles. The number of fused-ring (bicyclic) bond motifs is 1. The van der Waals surface area contributed by atoms with Crippen LogP contribution in [0.25, 0.3) is 0 Å². The topological polar surface area (TPSA) is 71.7 Å². The van der Waals surface area contributed by atoms with Crippen molar-refractivity contribution in [1.82, 2.24) is 10.6 Å². The van der Waals surface area contributed by atoms with Crippen molar-refractivity contribution in [2.45, 2.75) is 32.2 Å². The van der Waals surface area contributed by atoms with Crippen LogP contribution in [0.15, 0.2) is 71.7 Å². The summed E-state index contributed by atoms with van der Waals surface area (Å²) in [5.74, 6) is 1.26. The van der Waals surface area contributed by atoms with E-state index in [0.29, 0.717) is 29.0 Å². The summed E-state index contributed by atoms with van der Waals surface area (Å²) < 4.78 is 5.80. The number of rotatable bonds is 8. The van der Waals surface area contributed by atoms with E-state index in [-0.39, 0.29) is 49.4 Å². The molecule has 0 saturated carbocycles. The summed E-state index contributed by atoms with van der Waals surface area (Å²) in [7, 11) is 0. The van der Waals surface area contributed by atoms with Crippen LogP contribution in [0.5, 0.6) is 5.75 Å². The van der Waals surface area contributed by atoms with Gasteiger partial charge in [-0.15, -0.1) is 37.2 Å². The molecule has 0 saturated heterocycles. The molecule has 10 heteroatoms. The van der Waals surface area contributed by atoms with Crippen molar-refractivity contribution in [2.75, 3.05) is 6.54 Å². The van der Waals surface area contributed by atoms with Gasteiger partial charge in [0.2, 0.25) is 0 Å². The summed E-state index contributed by atoms with van der Waals surface area (Å²) in [6.45, 7) is 3.97. The monoisotopic (exact) mass is 576 g/mol. The normalized spacial score (nSPS) is 14.7. The maximum Gasteiger partial charge on any atom is 0.153 e. The molecule has 0 radical (unpaired) electrons. The lowest BCUT2D eigenvalue weighted by Gasteiger charge is -2.23. The molecule has 0 amide bonds. The van der Waals surface area contributed by atoms with Crippen LogP contribution in [0, 0.1) is 0 Å². The van der Waals surface area contributed by atoms with Gasteiger partial charge in [0.05, 0.1) is 0 Å². The molecule has 1 heterocycles. The van der Waals surface area contributed by atoms with Crippen molar-refractivity contribution in [3.05, 3.63) is 93.5 Å². The molecule has 1 aliphatic rings. The molecule has 4 rings (SSSR count). The fraction of sp³-hybridized carbons (Fsp3) is 0.240. The minimum absolute atomic E-state index is 0. The van der Waals surface area contributed by atoms with E-state index in [1.54, 1.807) is 6.07 Å². The van der Waals surface area contributed by atoms with Crippen molar-refractivity contribution in [2.24, 2.45) is 10.7 Å². The lowest BCUT2D eigenvalue weighted by molar-refractivity contribution is 0.281. The Kier molecular flexibility index (Phi) is 13.2. The van der Waals surface area contributed by atoms with Gasteiger partial charge in [-0.3, -0.25) is 0 Å². The second kappa shape index (κ2) is 14.8.